The molecule has 138 valence electrons. The highest BCUT2D eigenvalue weighted by Gasteiger charge is 2.34. The third-order valence-corrected chi connectivity index (χ3v) is 4.52. The van der Waals surface area contributed by atoms with Gasteiger partial charge in [0.15, 0.2) is 11.5 Å². The van der Waals surface area contributed by atoms with E-state index in [1.807, 2.05) is 32.0 Å². The van der Waals surface area contributed by atoms with Crippen LogP contribution in [0, 0.1) is 16.7 Å². The first kappa shape index (κ1) is 20.8. The van der Waals surface area contributed by atoms with Crippen molar-refractivity contribution in [1.82, 2.24) is 5.32 Å². The van der Waals surface area contributed by atoms with E-state index in [-0.39, 0.29) is 0 Å². The van der Waals surface area contributed by atoms with E-state index >= 15 is 0 Å². The number of rotatable bonds is 12. The number of aliphatic carboxylic acids is 1. The van der Waals surface area contributed by atoms with Crippen LogP contribution in [0.1, 0.15) is 45.1 Å². The summed E-state index contributed by atoms with van der Waals surface area (Å²) in [6.07, 6.45) is 2.29. The number of hydrogen-bond donors (Lipinski definition) is 2. The van der Waals surface area contributed by atoms with Crippen LogP contribution in [0.3, 0.4) is 0 Å². The van der Waals surface area contributed by atoms with E-state index in [1.165, 1.54) is 0 Å². The first-order valence-corrected chi connectivity index (χ1v) is 8.63. The Hall–Kier alpha value is -2.26. The third kappa shape index (κ3) is 5.95. The summed E-state index contributed by atoms with van der Waals surface area (Å²) < 4.78 is 11.0. The summed E-state index contributed by atoms with van der Waals surface area (Å²) in [4.78, 5) is 11.5. The average molecular weight is 348 g/mol. The molecule has 0 bridgehead atoms. The topological polar surface area (TPSA) is 91.6 Å². The number of carboxylic acid groups (broad SMARTS) is 1. The molecule has 0 fully saturated rings. The molecule has 6 nitrogen and oxygen atoms in total. The number of carbonyl (C=O) groups is 1. The molecule has 0 aliphatic heterocycles. The Labute approximate surface area is 149 Å². The van der Waals surface area contributed by atoms with E-state index in [1.54, 1.807) is 7.11 Å². The molecule has 6 heteroatoms. The Morgan fingerprint density at radius 3 is 2.60 bits per heavy atom. The van der Waals surface area contributed by atoms with E-state index in [0.29, 0.717) is 56.9 Å². The summed E-state index contributed by atoms with van der Waals surface area (Å²) >= 11 is 0. The van der Waals surface area contributed by atoms with Crippen molar-refractivity contribution in [3.05, 3.63) is 23.8 Å². The van der Waals surface area contributed by atoms with Gasteiger partial charge in [0.2, 0.25) is 0 Å². The summed E-state index contributed by atoms with van der Waals surface area (Å²) in [6, 6.07) is 7.73. The molecule has 0 heterocycles. The molecule has 0 atom stereocenters. The molecule has 0 aliphatic carbocycles. The second kappa shape index (κ2) is 10.6. The maximum Gasteiger partial charge on any atom is 0.310 e. The molecular weight excluding hydrogens is 320 g/mol. The molecule has 0 aromatic heterocycles. The monoisotopic (exact) mass is 348 g/mol. The fourth-order valence-corrected chi connectivity index (χ4v) is 2.60. The third-order valence-electron chi connectivity index (χ3n) is 4.52. The van der Waals surface area contributed by atoms with Crippen molar-refractivity contribution >= 4 is 5.97 Å². The van der Waals surface area contributed by atoms with Crippen LogP contribution in [0.2, 0.25) is 0 Å². The second-order valence-corrected chi connectivity index (χ2v) is 5.99. The van der Waals surface area contributed by atoms with E-state index in [0.717, 1.165) is 5.56 Å². The minimum Gasteiger partial charge on any atom is -0.493 e. The summed E-state index contributed by atoms with van der Waals surface area (Å²) in [6.45, 7) is 5.22. The minimum absolute atomic E-state index is 0.416. The lowest BCUT2D eigenvalue weighted by atomic mass is 9.82. The van der Waals surface area contributed by atoms with Gasteiger partial charge in [-0.3, -0.25) is 4.79 Å². The van der Waals surface area contributed by atoms with Crippen LogP contribution >= 0.6 is 0 Å². The first-order chi connectivity index (χ1) is 12.0. The molecule has 0 aliphatic rings. The van der Waals surface area contributed by atoms with Gasteiger partial charge in [-0.25, -0.2) is 0 Å². The second-order valence-electron chi connectivity index (χ2n) is 5.99. The van der Waals surface area contributed by atoms with Gasteiger partial charge in [-0.15, -0.1) is 0 Å². The van der Waals surface area contributed by atoms with Gasteiger partial charge in [0, 0.05) is 19.5 Å². The van der Waals surface area contributed by atoms with Crippen molar-refractivity contribution in [2.45, 2.75) is 46.1 Å². The summed E-state index contributed by atoms with van der Waals surface area (Å²) in [5.41, 5.74) is 0.255. The molecule has 0 radical (unpaired) electrons. The van der Waals surface area contributed by atoms with Crippen molar-refractivity contribution in [2.75, 3.05) is 20.3 Å². The molecule has 2 N–H and O–H groups in total. The number of nitrogens with zero attached hydrogens (tertiary/aromatic N) is 1. The molecule has 0 saturated heterocycles. The van der Waals surface area contributed by atoms with Crippen LogP contribution in [-0.4, -0.2) is 31.3 Å². The zero-order valence-corrected chi connectivity index (χ0v) is 15.3. The number of nitriles is 1. The molecule has 0 spiro atoms. The molecule has 0 amide bonds. The predicted octanol–water partition coefficient (Wildman–Crippen LogP) is 3.36. The van der Waals surface area contributed by atoms with Crippen molar-refractivity contribution < 1.29 is 19.4 Å². The number of hydrogen-bond acceptors (Lipinski definition) is 5. The van der Waals surface area contributed by atoms with E-state index in [2.05, 4.69) is 11.4 Å². The normalized spacial score (nSPS) is 11.0. The number of ether oxygens (including phenoxy) is 2. The van der Waals surface area contributed by atoms with Crippen LogP contribution in [0.5, 0.6) is 11.5 Å². The number of benzene rings is 1. The predicted molar refractivity (Wildman–Crippen MR) is 95.7 cm³/mol. The van der Waals surface area contributed by atoms with Gasteiger partial charge >= 0.3 is 5.97 Å². The number of methoxy groups -OCH3 is 1. The standard InChI is InChI=1S/C19H28N2O4/c1-4-19(5-2,18(22)23)14-21-13-15-8-9-16(24-3)17(12-15)25-11-7-6-10-20/h8-9,12,21H,4-7,11,13-14H2,1-3H3,(H,22,23). The lowest BCUT2D eigenvalue weighted by Gasteiger charge is -2.27. The van der Waals surface area contributed by atoms with Crippen LogP contribution in [0.15, 0.2) is 18.2 Å². The zero-order valence-electron chi connectivity index (χ0n) is 15.3. The lowest BCUT2D eigenvalue weighted by molar-refractivity contribution is -0.149. The van der Waals surface area contributed by atoms with Gasteiger partial charge in [-0.2, -0.15) is 5.26 Å². The SMILES string of the molecule is CCC(CC)(CNCc1ccc(OC)c(OCCCC#N)c1)C(=O)O. The smallest absolute Gasteiger partial charge is 0.310 e. The first-order valence-electron chi connectivity index (χ1n) is 8.63. The largest absolute Gasteiger partial charge is 0.493 e. The van der Waals surface area contributed by atoms with Crippen LogP contribution in [0.25, 0.3) is 0 Å². The van der Waals surface area contributed by atoms with Crippen LogP contribution in [0.4, 0.5) is 0 Å². The fraction of sp³-hybridized carbons (Fsp3) is 0.579. The molecule has 0 saturated carbocycles. The number of carboxylic acids is 1. The van der Waals surface area contributed by atoms with E-state index < -0.39 is 11.4 Å². The van der Waals surface area contributed by atoms with Crippen molar-refractivity contribution in [3.63, 3.8) is 0 Å². The van der Waals surface area contributed by atoms with Gasteiger partial charge in [0.05, 0.1) is 25.2 Å². The molecule has 1 aromatic carbocycles. The van der Waals surface area contributed by atoms with Crippen molar-refractivity contribution in [3.8, 4) is 17.6 Å². The fourth-order valence-electron chi connectivity index (χ4n) is 2.60. The minimum atomic E-state index is -0.763. The summed E-state index contributed by atoms with van der Waals surface area (Å²) in [5.74, 6) is 0.513. The molecule has 1 rings (SSSR count). The molecule has 25 heavy (non-hydrogen) atoms. The van der Waals surface area contributed by atoms with Crippen LogP contribution in [-0.2, 0) is 11.3 Å². The van der Waals surface area contributed by atoms with Gasteiger partial charge in [0.1, 0.15) is 0 Å². The average Bonchev–Trinajstić information content (AvgIpc) is 2.62. The highest BCUT2D eigenvalue weighted by atomic mass is 16.5. The molecule has 0 unspecified atom stereocenters. The van der Waals surface area contributed by atoms with Crippen LogP contribution < -0.4 is 14.8 Å². The highest BCUT2D eigenvalue weighted by Crippen LogP contribution is 2.29. The highest BCUT2D eigenvalue weighted by molar-refractivity contribution is 5.74. The Morgan fingerprint density at radius 1 is 1.32 bits per heavy atom. The Morgan fingerprint density at radius 2 is 2.04 bits per heavy atom. The number of unbranched alkanes of at least 4 members (excludes halogenated alkanes) is 1. The Balaban J connectivity index is 2.69. The van der Waals surface area contributed by atoms with E-state index in [9.17, 15) is 9.90 Å². The zero-order chi connectivity index (χ0) is 18.7. The van der Waals surface area contributed by atoms with E-state index in [4.69, 9.17) is 14.7 Å². The van der Waals surface area contributed by atoms with Gasteiger partial charge in [-0.05, 0) is 37.0 Å². The van der Waals surface area contributed by atoms with Gasteiger partial charge in [-0.1, -0.05) is 19.9 Å². The summed E-state index contributed by atoms with van der Waals surface area (Å²) in [5, 5.41) is 21.3. The maximum absolute atomic E-state index is 11.5. The van der Waals surface area contributed by atoms with Crippen molar-refractivity contribution in [1.29, 1.82) is 5.26 Å². The Kier molecular flexibility index (Phi) is 8.79. The Bertz CT molecular complexity index is 592. The maximum atomic E-state index is 11.5. The lowest BCUT2D eigenvalue weighted by Crippen LogP contribution is -2.40. The molecule has 1 aromatic rings. The van der Waals surface area contributed by atoms with Gasteiger partial charge in [0.25, 0.3) is 0 Å². The quantitative estimate of drug-likeness (QED) is 0.563. The van der Waals surface area contributed by atoms with Gasteiger partial charge < -0.3 is 19.9 Å². The number of nitrogens with one attached hydrogen (secondary N) is 1. The summed E-state index contributed by atoms with van der Waals surface area (Å²) in [7, 11) is 1.58. The molecular formula is C19H28N2O4. The van der Waals surface area contributed by atoms with Crippen molar-refractivity contribution in [2.24, 2.45) is 5.41 Å².